The van der Waals surface area contributed by atoms with Crippen molar-refractivity contribution in [2.45, 2.75) is 17.7 Å². The summed E-state index contributed by atoms with van der Waals surface area (Å²) in [5.74, 6) is 0.198. The van der Waals surface area contributed by atoms with E-state index in [9.17, 15) is 13.2 Å². The molecule has 0 spiro atoms. The molecule has 0 saturated carbocycles. The average molecular weight is 587 g/mol. The summed E-state index contributed by atoms with van der Waals surface area (Å²) in [5.41, 5.74) is 2.78. The zero-order valence-corrected chi connectivity index (χ0v) is 23.5. The van der Waals surface area contributed by atoms with Crippen LogP contribution in [0.5, 0.6) is 0 Å². The van der Waals surface area contributed by atoms with Crippen molar-refractivity contribution >= 4 is 55.8 Å². The van der Waals surface area contributed by atoms with Crippen LogP contribution in [0.1, 0.15) is 12.8 Å². The van der Waals surface area contributed by atoms with Crippen LogP contribution in [0.2, 0.25) is 5.02 Å². The number of anilines is 3. The molecule has 1 fully saturated rings. The topological polar surface area (TPSA) is 118 Å². The van der Waals surface area contributed by atoms with Crippen LogP contribution in [0.3, 0.4) is 0 Å². The number of amides is 1. The highest BCUT2D eigenvalue weighted by Crippen LogP contribution is 2.36. The second-order valence-corrected chi connectivity index (χ2v) is 12.0. The Hall–Kier alpha value is -4.25. The molecule has 1 saturated heterocycles. The van der Waals surface area contributed by atoms with Gasteiger partial charge in [0, 0.05) is 35.1 Å². The summed E-state index contributed by atoms with van der Waals surface area (Å²) in [6, 6.07) is 22.8. The van der Waals surface area contributed by atoms with Crippen LogP contribution in [-0.4, -0.2) is 41.4 Å². The normalized spacial score (nSPS) is 15.5. The quantitative estimate of drug-likeness (QED) is 0.225. The van der Waals surface area contributed by atoms with E-state index in [-0.39, 0.29) is 27.7 Å². The van der Waals surface area contributed by atoms with Gasteiger partial charge in [-0.3, -0.25) is 4.79 Å². The van der Waals surface area contributed by atoms with E-state index < -0.39 is 10.0 Å². The summed E-state index contributed by atoms with van der Waals surface area (Å²) in [6.45, 7) is 1.61. The molecule has 1 aliphatic rings. The van der Waals surface area contributed by atoms with Gasteiger partial charge in [-0.25, -0.2) is 22.4 Å². The van der Waals surface area contributed by atoms with Crippen LogP contribution in [0.15, 0.2) is 96.2 Å². The lowest BCUT2D eigenvalue weighted by Gasteiger charge is -2.22. The lowest BCUT2D eigenvalue weighted by atomic mass is 9.99. The molecule has 1 atom stereocenters. The molecule has 3 N–H and O–H groups in total. The minimum absolute atomic E-state index is 0.0128. The fraction of sp³-hybridized carbons (Fsp3) is 0.167. The van der Waals surface area contributed by atoms with Gasteiger partial charge in [0.15, 0.2) is 0 Å². The van der Waals surface area contributed by atoms with E-state index in [2.05, 4.69) is 25.9 Å². The lowest BCUT2D eigenvalue weighted by Crippen LogP contribution is -2.37. The van der Waals surface area contributed by atoms with Gasteiger partial charge < -0.3 is 16.0 Å². The van der Waals surface area contributed by atoms with Crippen molar-refractivity contribution in [2.75, 3.05) is 23.7 Å². The van der Waals surface area contributed by atoms with Crippen LogP contribution < -0.4 is 16.0 Å². The number of rotatable bonds is 7. The van der Waals surface area contributed by atoms with Crippen LogP contribution in [0, 0.1) is 5.92 Å². The number of nitrogens with one attached hydrogen (secondary N) is 3. The molecule has 6 rings (SSSR count). The predicted molar refractivity (Wildman–Crippen MR) is 161 cm³/mol. The van der Waals surface area contributed by atoms with Crippen molar-refractivity contribution in [3.05, 3.63) is 96.3 Å². The van der Waals surface area contributed by atoms with Gasteiger partial charge in [0.25, 0.3) is 10.0 Å². The van der Waals surface area contributed by atoms with Gasteiger partial charge in [-0.15, -0.1) is 0 Å². The summed E-state index contributed by atoms with van der Waals surface area (Å²) in [6.07, 6.45) is 4.86. The van der Waals surface area contributed by atoms with Crippen molar-refractivity contribution in [2.24, 2.45) is 5.92 Å². The van der Waals surface area contributed by atoms with Gasteiger partial charge in [0.2, 0.25) is 11.9 Å². The first-order valence-electron chi connectivity index (χ1n) is 13.2. The van der Waals surface area contributed by atoms with Crippen molar-refractivity contribution in [3.63, 3.8) is 0 Å². The number of piperidine rings is 1. The number of aromatic nitrogens is 3. The summed E-state index contributed by atoms with van der Waals surface area (Å²) in [4.78, 5) is 21.9. The molecule has 3 heterocycles. The van der Waals surface area contributed by atoms with Crippen LogP contribution in [-0.2, 0) is 14.8 Å². The highest BCUT2D eigenvalue weighted by Gasteiger charge is 2.24. The Morgan fingerprint density at radius 2 is 1.78 bits per heavy atom. The predicted octanol–water partition coefficient (Wildman–Crippen LogP) is 5.67. The van der Waals surface area contributed by atoms with Crippen molar-refractivity contribution in [1.29, 1.82) is 0 Å². The van der Waals surface area contributed by atoms with Crippen LogP contribution >= 0.6 is 11.6 Å². The van der Waals surface area contributed by atoms with Gasteiger partial charge in [-0.1, -0.05) is 54.1 Å². The van der Waals surface area contributed by atoms with Gasteiger partial charge in [0.05, 0.1) is 33.2 Å². The highest BCUT2D eigenvalue weighted by molar-refractivity contribution is 7.90. The fourth-order valence-electron chi connectivity index (χ4n) is 4.98. The van der Waals surface area contributed by atoms with Crippen molar-refractivity contribution in [1.82, 2.24) is 19.3 Å². The molecule has 0 unspecified atom stereocenters. The van der Waals surface area contributed by atoms with Crippen LogP contribution in [0.25, 0.3) is 22.2 Å². The van der Waals surface area contributed by atoms with E-state index in [1.54, 1.807) is 48.7 Å². The van der Waals surface area contributed by atoms with Gasteiger partial charge in [-0.05, 0) is 55.8 Å². The van der Waals surface area contributed by atoms with E-state index in [4.69, 9.17) is 11.6 Å². The number of carbonyl (C=O) groups is 1. The Labute approximate surface area is 242 Å². The van der Waals surface area contributed by atoms with E-state index in [1.807, 2.05) is 36.4 Å². The Morgan fingerprint density at radius 3 is 2.59 bits per heavy atom. The maximum absolute atomic E-state index is 13.5. The first-order chi connectivity index (χ1) is 19.9. The summed E-state index contributed by atoms with van der Waals surface area (Å²) in [7, 11) is -3.87. The first-order valence-corrected chi connectivity index (χ1v) is 15.0. The molecule has 1 aliphatic heterocycles. The molecule has 2 aromatic heterocycles. The van der Waals surface area contributed by atoms with E-state index >= 15 is 0 Å². The number of para-hydroxylation sites is 1. The largest absolute Gasteiger partial charge is 0.326 e. The Bertz CT molecular complexity index is 1840. The minimum atomic E-state index is -3.87. The number of carbonyl (C=O) groups excluding carboxylic acids is 1. The molecule has 1 amide bonds. The number of halogens is 1. The number of nitrogens with zero attached hydrogens (tertiary/aromatic N) is 3. The second kappa shape index (κ2) is 11.3. The summed E-state index contributed by atoms with van der Waals surface area (Å²) in [5, 5.41) is 10.4. The molecule has 208 valence electrons. The molecule has 5 aromatic rings. The maximum atomic E-state index is 13.5. The second-order valence-electron chi connectivity index (χ2n) is 9.80. The highest BCUT2D eigenvalue weighted by atomic mass is 35.5. The summed E-state index contributed by atoms with van der Waals surface area (Å²) >= 11 is 6.57. The molecule has 9 nitrogen and oxygen atoms in total. The van der Waals surface area contributed by atoms with Gasteiger partial charge in [-0.2, -0.15) is 0 Å². The molecule has 0 radical (unpaired) electrons. The number of hydrogen-bond acceptors (Lipinski definition) is 7. The summed E-state index contributed by atoms with van der Waals surface area (Å²) < 4.78 is 28.3. The zero-order chi connectivity index (χ0) is 28.4. The van der Waals surface area contributed by atoms with Crippen LogP contribution in [0.4, 0.5) is 17.3 Å². The third kappa shape index (κ3) is 5.54. The van der Waals surface area contributed by atoms with Gasteiger partial charge in [0.1, 0.15) is 0 Å². The zero-order valence-electron chi connectivity index (χ0n) is 21.9. The lowest BCUT2D eigenvalue weighted by molar-refractivity contribution is -0.120. The average Bonchev–Trinajstić information content (AvgIpc) is 3.40. The van der Waals surface area contributed by atoms with Crippen molar-refractivity contribution < 1.29 is 13.2 Å². The fourth-order valence-corrected chi connectivity index (χ4v) is 6.57. The molecule has 41 heavy (non-hydrogen) atoms. The molecular weight excluding hydrogens is 560 g/mol. The van der Waals surface area contributed by atoms with E-state index in [1.165, 1.54) is 10.2 Å². The number of fused-ring (bicyclic) bond motifs is 1. The van der Waals surface area contributed by atoms with Gasteiger partial charge >= 0.3 is 0 Å². The number of hydrogen-bond donors (Lipinski definition) is 3. The number of benzene rings is 3. The molecular formula is C30H27ClN6O3S. The first kappa shape index (κ1) is 26.9. The third-order valence-electron chi connectivity index (χ3n) is 7.03. The van der Waals surface area contributed by atoms with E-state index in [0.717, 1.165) is 19.4 Å². The Morgan fingerprint density at radius 1 is 1.00 bits per heavy atom. The molecule has 11 heteroatoms. The third-order valence-corrected chi connectivity index (χ3v) is 9.00. The maximum Gasteiger partial charge on any atom is 0.268 e. The monoisotopic (exact) mass is 586 g/mol. The SMILES string of the molecule is O=C(Nc1cccc(Nc2ncc(Cl)c(-c3cn(S(=O)(=O)c4ccccc4)c4ccccc34)n2)c1)[C@@H]1CCCNC1. The molecule has 3 aromatic carbocycles. The standard InChI is InChI=1S/C30H27ClN6O3S/c31-26-18-33-30(35-22-10-6-9-21(16-22)34-29(38)20-8-7-15-32-17-20)36-28(26)25-19-37(27-14-5-4-13-24(25)27)41(39,40)23-11-2-1-3-12-23/h1-6,9-14,16,18-20,32H,7-8,15,17H2,(H,34,38)(H,33,35,36)/t20-/m1/s1. The Balaban J connectivity index is 1.31. The van der Waals surface area contributed by atoms with Crippen molar-refractivity contribution in [3.8, 4) is 11.3 Å². The minimum Gasteiger partial charge on any atom is -0.326 e. The Kier molecular flexibility index (Phi) is 7.44. The van der Waals surface area contributed by atoms with E-state index in [0.29, 0.717) is 40.1 Å². The molecule has 0 aliphatic carbocycles. The smallest absolute Gasteiger partial charge is 0.268 e. The molecule has 0 bridgehead atoms.